The van der Waals surface area contributed by atoms with Crippen molar-refractivity contribution in [2.45, 2.75) is 46.1 Å². The van der Waals surface area contributed by atoms with Gasteiger partial charge < -0.3 is 14.2 Å². The highest BCUT2D eigenvalue weighted by atomic mass is 16.5. The van der Waals surface area contributed by atoms with Crippen molar-refractivity contribution in [1.82, 2.24) is 14.5 Å². The van der Waals surface area contributed by atoms with Gasteiger partial charge in [-0.15, -0.1) is 0 Å². The van der Waals surface area contributed by atoms with Gasteiger partial charge in [0.25, 0.3) is 0 Å². The summed E-state index contributed by atoms with van der Waals surface area (Å²) in [4.78, 5) is 19.0. The molecule has 2 heterocycles. The summed E-state index contributed by atoms with van der Waals surface area (Å²) in [5.74, 6) is 2.86. The van der Waals surface area contributed by atoms with Gasteiger partial charge >= 0.3 is 0 Å². The monoisotopic (exact) mass is 355 g/mol. The summed E-state index contributed by atoms with van der Waals surface area (Å²) in [6.07, 6.45) is 7.52. The Balaban J connectivity index is 1.47. The van der Waals surface area contributed by atoms with Gasteiger partial charge in [0.1, 0.15) is 11.6 Å². The number of piperidine rings is 1. The highest BCUT2D eigenvalue weighted by Crippen LogP contribution is 2.21. The molecule has 5 nitrogen and oxygen atoms in total. The van der Waals surface area contributed by atoms with E-state index in [0.717, 1.165) is 56.0 Å². The molecule has 1 fully saturated rings. The number of rotatable bonds is 7. The van der Waals surface area contributed by atoms with Gasteiger partial charge in [0.15, 0.2) is 0 Å². The molecule has 1 aliphatic heterocycles. The number of hydrogen-bond donors (Lipinski definition) is 0. The average molecular weight is 355 g/mol. The van der Waals surface area contributed by atoms with Gasteiger partial charge in [-0.25, -0.2) is 4.98 Å². The zero-order valence-electron chi connectivity index (χ0n) is 15.9. The molecular formula is C21H29N3O2. The fraction of sp³-hybridized carbons (Fsp3) is 0.524. The molecule has 1 aromatic carbocycles. The van der Waals surface area contributed by atoms with Gasteiger partial charge in [0.05, 0.1) is 13.0 Å². The van der Waals surface area contributed by atoms with Gasteiger partial charge in [-0.2, -0.15) is 0 Å². The van der Waals surface area contributed by atoms with Crippen LogP contribution in [-0.2, 0) is 24.2 Å². The van der Waals surface area contributed by atoms with Crippen LogP contribution >= 0.6 is 0 Å². The molecule has 0 bridgehead atoms. The van der Waals surface area contributed by atoms with Crippen LogP contribution in [0.1, 0.15) is 38.1 Å². The van der Waals surface area contributed by atoms with Crippen molar-refractivity contribution in [3.05, 3.63) is 48.0 Å². The molecule has 0 spiro atoms. The van der Waals surface area contributed by atoms with Crippen LogP contribution in [0.3, 0.4) is 0 Å². The standard InChI is InChI=1S/C21H29N3O2/c1-3-20-22-11-14-24(20)16-18-9-12-23(13-10-18)21(25)15-17-5-7-19(8-6-17)26-4-2/h5-8,11,14,18H,3-4,9-10,12-13,15-16H2,1-2H3. The molecule has 0 atom stereocenters. The number of hydrogen-bond acceptors (Lipinski definition) is 3. The fourth-order valence-electron chi connectivity index (χ4n) is 3.62. The highest BCUT2D eigenvalue weighted by molar-refractivity contribution is 5.78. The number of ether oxygens (including phenoxy) is 1. The summed E-state index contributed by atoms with van der Waals surface area (Å²) in [7, 11) is 0. The SMILES string of the molecule is CCOc1ccc(CC(=O)N2CCC(Cn3ccnc3CC)CC2)cc1. The lowest BCUT2D eigenvalue weighted by atomic mass is 9.96. The Morgan fingerprint density at radius 1 is 1.19 bits per heavy atom. The Morgan fingerprint density at radius 3 is 2.58 bits per heavy atom. The van der Waals surface area contributed by atoms with Crippen molar-refractivity contribution in [2.75, 3.05) is 19.7 Å². The topological polar surface area (TPSA) is 47.4 Å². The first-order valence-corrected chi connectivity index (χ1v) is 9.69. The summed E-state index contributed by atoms with van der Waals surface area (Å²) >= 11 is 0. The Kier molecular flexibility index (Phi) is 6.31. The summed E-state index contributed by atoms with van der Waals surface area (Å²) < 4.78 is 7.72. The van der Waals surface area contributed by atoms with Crippen LogP contribution in [0, 0.1) is 5.92 Å². The second-order valence-corrected chi connectivity index (χ2v) is 6.93. The van der Waals surface area contributed by atoms with E-state index in [1.54, 1.807) is 0 Å². The zero-order valence-corrected chi connectivity index (χ0v) is 15.9. The van der Waals surface area contributed by atoms with Crippen molar-refractivity contribution in [1.29, 1.82) is 0 Å². The average Bonchev–Trinajstić information content (AvgIpc) is 3.11. The predicted octanol–water partition coefficient (Wildman–Crippen LogP) is 3.33. The highest BCUT2D eigenvalue weighted by Gasteiger charge is 2.23. The Hall–Kier alpha value is -2.30. The lowest BCUT2D eigenvalue weighted by Gasteiger charge is -2.32. The summed E-state index contributed by atoms with van der Waals surface area (Å²) in [5.41, 5.74) is 1.05. The number of imidazole rings is 1. The minimum Gasteiger partial charge on any atom is -0.494 e. The van der Waals surface area contributed by atoms with Gasteiger partial charge in [-0.3, -0.25) is 4.79 Å². The number of aromatic nitrogens is 2. The van der Waals surface area contributed by atoms with Crippen LogP contribution in [0.4, 0.5) is 0 Å². The molecule has 1 saturated heterocycles. The minimum atomic E-state index is 0.226. The molecule has 1 amide bonds. The number of aryl methyl sites for hydroxylation is 1. The van der Waals surface area contributed by atoms with E-state index in [9.17, 15) is 4.79 Å². The second kappa shape index (κ2) is 8.88. The maximum Gasteiger partial charge on any atom is 0.226 e. The molecule has 140 valence electrons. The van der Waals surface area contributed by atoms with E-state index in [-0.39, 0.29) is 5.91 Å². The molecule has 0 saturated carbocycles. The summed E-state index contributed by atoms with van der Waals surface area (Å²) in [5, 5.41) is 0. The molecule has 0 radical (unpaired) electrons. The first-order valence-electron chi connectivity index (χ1n) is 9.69. The van der Waals surface area contributed by atoms with Crippen LogP contribution in [-0.4, -0.2) is 40.1 Å². The maximum atomic E-state index is 12.6. The Morgan fingerprint density at radius 2 is 1.92 bits per heavy atom. The van der Waals surface area contributed by atoms with E-state index in [2.05, 4.69) is 22.7 Å². The molecule has 0 unspecified atom stereocenters. The van der Waals surface area contributed by atoms with Crippen molar-refractivity contribution >= 4 is 5.91 Å². The third-order valence-corrected chi connectivity index (χ3v) is 5.13. The van der Waals surface area contributed by atoms with Gasteiger partial charge in [0.2, 0.25) is 5.91 Å². The molecule has 1 aromatic heterocycles. The third-order valence-electron chi connectivity index (χ3n) is 5.13. The number of carbonyl (C=O) groups excluding carboxylic acids is 1. The minimum absolute atomic E-state index is 0.226. The van der Waals surface area contributed by atoms with E-state index in [1.807, 2.05) is 42.3 Å². The largest absolute Gasteiger partial charge is 0.494 e. The van der Waals surface area contributed by atoms with Gasteiger partial charge in [0, 0.05) is 38.4 Å². The Bertz CT molecular complexity index is 700. The van der Waals surface area contributed by atoms with E-state index in [1.165, 1.54) is 0 Å². The van der Waals surface area contributed by atoms with Gasteiger partial charge in [-0.1, -0.05) is 19.1 Å². The molecule has 0 N–H and O–H groups in total. The van der Waals surface area contributed by atoms with E-state index in [0.29, 0.717) is 18.9 Å². The van der Waals surface area contributed by atoms with Crippen LogP contribution in [0.25, 0.3) is 0 Å². The molecule has 26 heavy (non-hydrogen) atoms. The van der Waals surface area contributed by atoms with Crippen molar-refractivity contribution < 1.29 is 9.53 Å². The second-order valence-electron chi connectivity index (χ2n) is 6.93. The van der Waals surface area contributed by atoms with Crippen LogP contribution < -0.4 is 4.74 Å². The van der Waals surface area contributed by atoms with Gasteiger partial charge in [-0.05, 0) is 43.4 Å². The van der Waals surface area contributed by atoms with Crippen molar-refractivity contribution in [3.8, 4) is 5.75 Å². The van der Waals surface area contributed by atoms with E-state index < -0.39 is 0 Å². The lowest BCUT2D eigenvalue weighted by Crippen LogP contribution is -2.40. The summed E-state index contributed by atoms with van der Waals surface area (Å²) in [6.45, 7) is 7.50. The zero-order chi connectivity index (χ0) is 18.4. The first-order chi connectivity index (χ1) is 12.7. The maximum absolute atomic E-state index is 12.6. The molecule has 2 aromatic rings. The predicted molar refractivity (Wildman–Crippen MR) is 102 cm³/mol. The fourth-order valence-corrected chi connectivity index (χ4v) is 3.62. The normalized spacial score (nSPS) is 15.2. The van der Waals surface area contributed by atoms with Crippen LogP contribution in [0.2, 0.25) is 0 Å². The number of nitrogens with zero attached hydrogens (tertiary/aromatic N) is 3. The first kappa shape index (κ1) is 18.5. The van der Waals surface area contributed by atoms with E-state index in [4.69, 9.17) is 4.74 Å². The smallest absolute Gasteiger partial charge is 0.226 e. The third kappa shape index (κ3) is 4.65. The van der Waals surface area contributed by atoms with Crippen LogP contribution in [0.5, 0.6) is 5.75 Å². The molecule has 0 aliphatic carbocycles. The Labute approximate surface area is 156 Å². The molecular weight excluding hydrogens is 326 g/mol. The number of carbonyl (C=O) groups is 1. The summed E-state index contributed by atoms with van der Waals surface area (Å²) in [6, 6.07) is 7.85. The lowest BCUT2D eigenvalue weighted by molar-refractivity contribution is -0.131. The van der Waals surface area contributed by atoms with Crippen LogP contribution in [0.15, 0.2) is 36.7 Å². The van der Waals surface area contributed by atoms with Crippen molar-refractivity contribution in [2.24, 2.45) is 5.92 Å². The van der Waals surface area contributed by atoms with E-state index >= 15 is 0 Å². The molecule has 3 rings (SSSR count). The molecule has 1 aliphatic rings. The number of likely N-dealkylation sites (tertiary alicyclic amines) is 1. The number of amides is 1. The number of benzene rings is 1. The van der Waals surface area contributed by atoms with Crippen molar-refractivity contribution in [3.63, 3.8) is 0 Å². The quantitative estimate of drug-likeness (QED) is 0.765. The molecule has 5 heteroatoms.